The first-order valence-electron chi connectivity index (χ1n) is 8.17. The van der Waals surface area contributed by atoms with Crippen LogP contribution in [0, 0.1) is 6.92 Å². The zero-order chi connectivity index (χ0) is 18.1. The highest BCUT2D eigenvalue weighted by Gasteiger charge is 2.12. The van der Waals surface area contributed by atoms with Crippen LogP contribution in [0.25, 0.3) is 22.2 Å². The Balaban J connectivity index is 1.89. The van der Waals surface area contributed by atoms with Crippen LogP contribution in [0.4, 0.5) is 11.6 Å². The van der Waals surface area contributed by atoms with Gasteiger partial charge in [0.2, 0.25) is 5.95 Å². The molecule has 3 nitrogen and oxygen atoms in total. The van der Waals surface area contributed by atoms with E-state index in [4.69, 9.17) is 28.2 Å². The number of aryl methyl sites for hydroxylation is 1. The standard InChI is InChI=1S/C21H15Cl2N3/c1-13-10-11-15-18(12-13)25-21(24-17-9-5-8-16(22)19(17)23)26-20(15)14-6-3-2-4-7-14/h2-12H,1H3,(H,24,25,26). The predicted octanol–water partition coefficient (Wildman–Crippen LogP) is 6.66. The lowest BCUT2D eigenvalue weighted by Gasteiger charge is -2.12. The second-order valence-corrected chi connectivity index (χ2v) is 6.79. The van der Waals surface area contributed by atoms with E-state index in [-0.39, 0.29) is 0 Å². The summed E-state index contributed by atoms with van der Waals surface area (Å²) in [4.78, 5) is 9.41. The maximum atomic E-state index is 6.29. The maximum absolute atomic E-state index is 6.29. The number of rotatable bonds is 3. The van der Waals surface area contributed by atoms with Crippen molar-refractivity contribution < 1.29 is 0 Å². The summed E-state index contributed by atoms with van der Waals surface area (Å²) in [6.45, 7) is 2.05. The molecule has 0 bridgehead atoms. The van der Waals surface area contributed by atoms with Gasteiger partial charge in [0.25, 0.3) is 0 Å². The van der Waals surface area contributed by atoms with Crippen LogP contribution in [0.1, 0.15) is 5.56 Å². The average Bonchev–Trinajstić information content (AvgIpc) is 2.65. The molecule has 0 radical (unpaired) electrons. The number of nitrogens with zero attached hydrogens (tertiary/aromatic N) is 2. The molecule has 4 aromatic rings. The Bertz CT molecular complexity index is 1100. The third kappa shape index (κ3) is 3.24. The molecule has 128 valence electrons. The minimum absolute atomic E-state index is 0.448. The van der Waals surface area contributed by atoms with Crippen LogP contribution >= 0.6 is 23.2 Å². The van der Waals surface area contributed by atoms with Crippen LogP contribution in [0.5, 0.6) is 0 Å². The molecule has 5 heteroatoms. The van der Waals surface area contributed by atoms with Crippen molar-refractivity contribution in [2.24, 2.45) is 0 Å². The van der Waals surface area contributed by atoms with E-state index in [1.54, 1.807) is 6.07 Å². The third-order valence-corrected chi connectivity index (χ3v) is 4.92. The summed E-state index contributed by atoms with van der Waals surface area (Å²) in [6.07, 6.45) is 0. The minimum atomic E-state index is 0.448. The molecule has 0 aliphatic rings. The van der Waals surface area contributed by atoms with Crippen LogP contribution in [0.3, 0.4) is 0 Å². The smallest absolute Gasteiger partial charge is 0.228 e. The highest BCUT2D eigenvalue weighted by atomic mass is 35.5. The molecule has 3 aromatic carbocycles. The first kappa shape index (κ1) is 16.8. The van der Waals surface area contributed by atoms with Gasteiger partial charge >= 0.3 is 0 Å². The van der Waals surface area contributed by atoms with Gasteiger partial charge in [0.1, 0.15) is 0 Å². The Morgan fingerprint density at radius 2 is 1.65 bits per heavy atom. The molecule has 1 heterocycles. The molecular weight excluding hydrogens is 365 g/mol. The SMILES string of the molecule is Cc1ccc2c(-c3ccccc3)nc(Nc3cccc(Cl)c3Cl)nc2c1. The second kappa shape index (κ2) is 6.94. The molecule has 0 saturated carbocycles. The monoisotopic (exact) mass is 379 g/mol. The third-order valence-electron chi connectivity index (χ3n) is 4.10. The lowest BCUT2D eigenvalue weighted by atomic mass is 10.1. The van der Waals surface area contributed by atoms with Gasteiger partial charge in [0.05, 0.1) is 26.9 Å². The van der Waals surface area contributed by atoms with Crippen LogP contribution < -0.4 is 5.32 Å². The van der Waals surface area contributed by atoms with Crippen molar-refractivity contribution in [3.05, 3.63) is 82.3 Å². The highest BCUT2D eigenvalue weighted by molar-refractivity contribution is 6.43. The fraction of sp³-hybridized carbons (Fsp3) is 0.0476. The zero-order valence-electron chi connectivity index (χ0n) is 14.0. The lowest BCUT2D eigenvalue weighted by Crippen LogP contribution is -2.00. The Morgan fingerprint density at radius 1 is 0.846 bits per heavy atom. The van der Waals surface area contributed by atoms with E-state index in [1.165, 1.54) is 0 Å². The van der Waals surface area contributed by atoms with Gasteiger partial charge in [-0.2, -0.15) is 0 Å². The molecule has 0 amide bonds. The van der Waals surface area contributed by atoms with Gasteiger partial charge in [-0.3, -0.25) is 0 Å². The van der Waals surface area contributed by atoms with E-state index in [2.05, 4.69) is 22.4 Å². The molecule has 0 aliphatic carbocycles. The van der Waals surface area contributed by atoms with E-state index in [1.807, 2.05) is 55.5 Å². The topological polar surface area (TPSA) is 37.8 Å². The summed E-state index contributed by atoms with van der Waals surface area (Å²) < 4.78 is 0. The largest absolute Gasteiger partial charge is 0.323 e. The van der Waals surface area contributed by atoms with Crippen molar-refractivity contribution in [3.8, 4) is 11.3 Å². The molecule has 0 unspecified atom stereocenters. The number of anilines is 2. The number of aromatic nitrogens is 2. The molecular formula is C21H15Cl2N3. The van der Waals surface area contributed by atoms with Gasteiger partial charge < -0.3 is 5.32 Å². The zero-order valence-corrected chi connectivity index (χ0v) is 15.5. The number of benzene rings is 3. The first-order chi connectivity index (χ1) is 12.6. The maximum Gasteiger partial charge on any atom is 0.228 e. The van der Waals surface area contributed by atoms with Gasteiger partial charge in [-0.1, -0.05) is 71.7 Å². The summed E-state index contributed by atoms with van der Waals surface area (Å²) in [5.41, 5.74) is 4.59. The second-order valence-electron chi connectivity index (χ2n) is 6.01. The molecule has 0 saturated heterocycles. The van der Waals surface area contributed by atoms with Gasteiger partial charge in [-0.15, -0.1) is 0 Å². The number of fused-ring (bicyclic) bond motifs is 1. The van der Waals surface area contributed by atoms with Crippen molar-refractivity contribution in [1.29, 1.82) is 0 Å². The molecule has 0 fully saturated rings. The summed E-state index contributed by atoms with van der Waals surface area (Å²) in [5, 5.41) is 5.13. The highest BCUT2D eigenvalue weighted by Crippen LogP contribution is 2.33. The minimum Gasteiger partial charge on any atom is -0.323 e. The van der Waals surface area contributed by atoms with Crippen LogP contribution in [0.15, 0.2) is 66.7 Å². The van der Waals surface area contributed by atoms with Crippen molar-refractivity contribution in [1.82, 2.24) is 9.97 Å². The van der Waals surface area contributed by atoms with Gasteiger partial charge in [-0.25, -0.2) is 9.97 Å². The predicted molar refractivity (Wildman–Crippen MR) is 109 cm³/mol. The average molecular weight is 380 g/mol. The van der Waals surface area contributed by atoms with Crippen LogP contribution in [-0.2, 0) is 0 Å². The fourth-order valence-electron chi connectivity index (χ4n) is 2.83. The molecule has 4 rings (SSSR count). The number of hydrogen-bond donors (Lipinski definition) is 1. The van der Waals surface area contributed by atoms with E-state index in [9.17, 15) is 0 Å². The molecule has 0 aliphatic heterocycles. The quantitative estimate of drug-likeness (QED) is 0.432. The molecule has 1 N–H and O–H groups in total. The summed E-state index contributed by atoms with van der Waals surface area (Å²) >= 11 is 12.4. The summed E-state index contributed by atoms with van der Waals surface area (Å²) in [7, 11) is 0. The molecule has 0 spiro atoms. The van der Waals surface area contributed by atoms with Gasteiger partial charge in [0.15, 0.2) is 0 Å². The fourth-order valence-corrected chi connectivity index (χ4v) is 3.18. The number of halogens is 2. The van der Waals surface area contributed by atoms with Crippen molar-refractivity contribution in [2.45, 2.75) is 6.92 Å². The van der Waals surface area contributed by atoms with Crippen LogP contribution in [0.2, 0.25) is 10.0 Å². The Labute approximate surface area is 161 Å². The summed E-state index contributed by atoms with van der Waals surface area (Å²) in [5.74, 6) is 0.478. The van der Waals surface area contributed by atoms with E-state index >= 15 is 0 Å². The molecule has 0 atom stereocenters. The van der Waals surface area contributed by atoms with E-state index < -0.39 is 0 Å². The lowest BCUT2D eigenvalue weighted by molar-refractivity contribution is 1.21. The van der Waals surface area contributed by atoms with Crippen LogP contribution in [-0.4, -0.2) is 9.97 Å². The number of nitrogens with one attached hydrogen (secondary N) is 1. The Hall–Kier alpha value is -2.62. The molecule has 1 aromatic heterocycles. The first-order valence-corrected chi connectivity index (χ1v) is 8.92. The van der Waals surface area contributed by atoms with Gasteiger partial charge in [-0.05, 0) is 30.7 Å². The van der Waals surface area contributed by atoms with Crippen molar-refractivity contribution in [2.75, 3.05) is 5.32 Å². The van der Waals surface area contributed by atoms with Gasteiger partial charge in [0, 0.05) is 10.9 Å². The number of hydrogen-bond acceptors (Lipinski definition) is 3. The van der Waals surface area contributed by atoms with Crippen molar-refractivity contribution in [3.63, 3.8) is 0 Å². The Kier molecular flexibility index (Phi) is 4.49. The van der Waals surface area contributed by atoms with E-state index in [0.717, 1.165) is 27.7 Å². The molecule has 26 heavy (non-hydrogen) atoms. The summed E-state index contributed by atoms with van der Waals surface area (Å²) in [6, 6.07) is 21.7. The van der Waals surface area contributed by atoms with E-state index in [0.29, 0.717) is 21.7 Å². The Morgan fingerprint density at radius 3 is 2.46 bits per heavy atom. The normalized spacial score (nSPS) is 10.9. The van der Waals surface area contributed by atoms with Crippen molar-refractivity contribution >= 4 is 45.7 Å².